The Hall–Kier alpha value is -2.06. The molecular weight excluding hydrogens is 340 g/mol. The number of benzene rings is 1. The Balaban J connectivity index is 1.79. The van der Waals surface area contributed by atoms with E-state index in [0.29, 0.717) is 32.0 Å². The predicted molar refractivity (Wildman–Crippen MR) is 101 cm³/mol. The van der Waals surface area contributed by atoms with Crippen molar-refractivity contribution in [2.75, 3.05) is 25.9 Å². The molecular formula is C17H26N4O3S. The third-order valence-electron chi connectivity index (χ3n) is 3.93. The number of nitrogens with zero attached hydrogens (tertiary/aromatic N) is 1. The highest BCUT2D eigenvalue weighted by Crippen LogP contribution is 2.24. The summed E-state index contributed by atoms with van der Waals surface area (Å²) in [5.74, 6) is 1.62. The van der Waals surface area contributed by atoms with Crippen LogP contribution >= 0.6 is 0 Å². The van der Waals surface area contributed by atoms with E-state index in [1.807, 2.05) is 31.2 Å². The summed E-state index contributed by atoms with van der Waals surface area (Å²) in [4.78, 5) is 4.16. The Morgan fingerprint density at radius 1 is 1.20 bits per heavy atom. The second-order valence-corrected chi connectivity index (χ2v) is 7.75. The third-order valence-corrected chi connectivity index (χ3v) is 5.33. The molecule has 0 aliphatic carbocycles. The number of aryl methyl sites for hydroxylation is 1. The molecule has 0 atom stereocenters. The molecule has 0 amide bonds. The summed E-state index contributed by atoms with van der Waals surface area (Å²) in [6.45, 7) is 5.21. The maximum Gasteiger partial charge on any atom is 0.211 e. The molecule has 0 spiro atoms. The van der Waals surface area contributed by atoms with Crippen LogP contribution in [0.2, 0.25) is 0 Å². The average Bonchev–Trinajstić information content (AvgIpc) is 2.93. The van der Waals surface area contributed by atoms with Gasteiger partial charge in [-0.2, -0.15) is 0 Å². The second-order valence-electron chi connectivity index (χ2n) is 5.65. The number of hydrogen-bond donors (Lipinski definition) is 3. The molecule has 0 saturated carbocycles. The van der Waals surface area contributed by atoms with Gasteiger partial charge in [-0.25, -0.2) is 13.1 Å². The highest BCUT2D eigenvalue weighted by atomic mass is 32.2. The van der Waals surface area contributed by atoms with E-state index < -0.39 is 10.0 Å². The van der Waals surface area contributed by atoms with Gasteiger partial charge in [-0.3, -0.25) is 4.99 Å². The molecule has 0 unspecified atom stereocenters. The number of hydrogen-bond acceptors (Lipinski definition) is 4. The predicted octanol–water partition coefficient (Wildman–Crippen LogP) is 1.74. The van der Waals surface area contributed by atoms with Crippen molar-refractivity contribution in [2.45, 2.75) is 26.8 Å². The van der Waals surface area contributed by atoms with Crippen molar-refractivity contribution in [1.82, 2.24) is 15.4 Å². The number of aliphatic imine (C=N–C) groups is 1. The lowest BCUT2D eigenvalue weighted by molar-refractivity contribution is 0.534. The first-order chi connectivity index (χ1) is 12.0. The van der Waals surface area contributed by atoms with E-state index in [-0.39, 0.29) is 5.75 Å². The minimum atomic E-state index is -3.13. The van der Waals surface area contributed by atoms with Crippen LogP contribution in [0.4, 0.5) is 0 Å². The topological polar surface area (TPSA) is 95.7 Å². The number of para-hydroxylation sites is 1. The number of furan rings is 1. The molecule has 0 bridgehead atoms. The van der Waals surface area contributed by atoms with Crippen LogP contribution in [-0.4, -0.2) is 40.3 Å². The zero-order chi connectivity index (χ0) is 18.3. The fraction of sp³-hybridized carbons (Fsp3) is 0.471. The molecule has 3 N–H and O–H groups in total. The summed E-state index contributed by atoms with van der Waals surface area (Å²) in [6.07, 6.45) is 0.670. The number of guanidine groups is 1. The standard InChI is InChI=1S/C17H26N4O3S/c1-4-25(22,23)21-11-7-10-19-17(18-3)20-12-16-13(2)14-8-5-6-9-15(14)24-16/h5-6,8-9,21H,4,7,10-12H2,1-3H3,(H2,18,19,20). The first kappa shape index (κ1) is 19.3. The first-order valence-electron chi connectivity index (χ1n) is 8.35. The van der Waals surface area contributed by atoms with Crippen molar-refractivity contribution in [3.8, 4) is 0 Å². The molecule has 2 aromatic rings. The van der Waals surface area contributed by atoms with Crippen LogP contribution in [0, 0.1) is 6.92 Å². The Labute approximate surface area is 148 Å². The lowest BCUT2D eigenvalue weighted by Gasteiger charge is -2.11. The normalized spacial score (nSPS) is 12.5. The van der Waals surface area contributed by atoms with Gasteiger partial charge in [0.1, 0.15) is 11.3 Å². The van der Waals surface area contributed by atoms with E-state index in [4.69, 9.17) is 4.42 Å². The van der Waals surface area contributed by atoms with E-state index in [9.17, 15) is 8.42 Å². The molecule has 0 saturated heterocycles. The minimum absolute atomic E-state index is 0.0977. The van der Waals surface area contributed by atoms with Gasteiger partial charge in [0.05, 0.1) is 12.3 Å². The van der Waals surface area contributed by atoms with Crippen LogP contribution in [0.15, 0.2) is 33.7 Å². The van der Waals surface area contributed by atoms with Crippen LogP contribution in [-0.2, 0) is 16.6 Å². The van der Waals surface area contributed by atoms with Crippen LogP contribution in [0.1, 0.15) is 24.7 Å². The van der Waals surface area contributed by atoms with E-state index in [2.05, 4.69) is 20.3 Å². The smallest absolute Gasteiger partial charge is 0.211 e. The Kier molecular flexibility index (Phi) is 6.83. The summed E-state index contributed by atoms with van der Waals surface area (Å²) in [7, 11) is -1.43. The monoisotopic (exact) mass is 366 g/mol. The molecule has 7 nitrogen and oxygen atoms in total. The van der Waals surface area contributed by atoms with Gasteiger partial charge in [0.15, 0.2) is 5.96 Å². The van der Waals surface area contributed by atoms with E-state index in [1.165, 1.54) is 0 Å². The van der Waals surface area contributed by atoms with Gasteiger partial charge >= 0.3 is 0 Å². The molecule has 1 aromatic carbocycles. The fourth-order valence-electron chi connectivity index (χ4n) is 2.40. The largest absolute Gasteiger partial charge is 0.459 e. The Bertz CT molecular complexity index is 828. The SMILES string of the molecule is CCS(=O)(=O)NCCCNC(=NC)NCc1oc2ccccc2c1C. The van der Waals surface area contributed by atoms with Crippen molar-refractivity contribution in [1.29, 1.82) is 0 Å². The number of fused-ring (bicyclic) bond motifs is 1. The summed E-state index contributed by atoms with van der Waals surface area (Å²) in [5.41, 5.74) is 2.00. The van der Waals surface area contributed by atoms with Gasteiger partial charge in [-0.15, -0.1) is 0 Å². The van der Waals surface area contributed by atoms with E-state index >= 15 is 0 Å². The summed E-state index contributed by atoms with van der Waals surface area (Å²) < 4.78 is 31.1. The molecule has 0 aliphatic rings. The first-order valence-corrected chi connectivity index (χ1v) is 10.0. The van der Waals surface area contributed by atoms with Crippen LogP contribution in [0.3, 0.4) is 0 Å². The van der Waals surface area contributed by atoms with Crippen molar-refractivity contribution < 1.29 is 12.8 Å². The van der Waals surface area contributed by atoms with Crippen molar-refractivity contribution in [2.24, 2.45) is 4.99 Å². The van der Waals surface area contributed by atoms with Gasteiger partial charge in [0.25, 0.3) is 0 Å². The van der Waals surface area contributed by atoms with Crippen molar-refractivity contribution >= 4 is 27.0 Å². The molecule has 1 aromatic heterocycles. The Morgan fingerprint density at radius 3 is 2.64 bits per heavy atom. The van der Waals surface area contributed by atoms with Crippen molar-refractivity contribution in [3.63, 3.8) is 0 Å². The maximum atomic E-state index is 11.3. The van der Waals surface area contributed by atoms with Gasteiger partial charge in [0, 0.05) is 31.1 Å². The molecule has 0 aliphatic heterocycles. The number of nitrogens with one attached hydrogen (secondary N) is 3. The quantitative estimate of drug-likeness (QED) is 0.376. The summed E-state index contributed by atoms with van der Waals surface area (Å²) >= 11 is 0. The van der Waals surface area contributed by atoms with Crippen LogP contribution in [0.25, 0.3) is 11.0 Å². The molecule has 8 heteroatoms. The third kappa shape index (κ3) is 5.47. The fourth-order valence-corrected chi connectivity index (χ4v) is 3.06. The lowest BCUT2D eigenvalue weighted by atomic mass is 10.1. The van der Waals surface area contributed by atoms with Crippen LogP contribution in [0.5, 0.6) is 0 Å². The van der Waals surface area contributed by atoms with E-state index in [0.717, 1.165) is 22.3 Å². The van der Waals surface area contributed by atoms with Gasteiger partial charge in [-0.1, -0.05) is 18.2 Å². The lowest BCUT2D eigenvalue weighted by Crippen LogP contribution is -2.38. The average molecular weight is 366 g/mol. The molecule has 2 rings (SSSR count). The number of rotatable bonds is 8. The van der Waals surface area contributed by atoms with Crippen LogP contribution < -0.4 is 15.4 Å². The Morgan fingerprint density at radius 2 is 1.96 bits per heavy atom. The molecule has 0 fully saturated rings. The highest BCUT2D eigenvalue weighted by Gasteiger charge is 2.10. The molecule has 0 radical (unpaired) electrons. The van der Waals surface area contributed by atoms with E-state index in [1.54, 1.807) is 14.0 Å². The van der Waals surface area contributed by atoms with Gasteiger partial charge in [-0.05, 0) is 26.3 Å². The van der Waals surface area contributed by atoms with Crippen molar-refractivity contribution in [3.05, 3.63) is 35.6 Å². The molecule has 138 valence electrons. The highest BCUT2D eigenvalue weighted by molar-refractivity contribution is 7.89. The minimum Gasteiger partial charge on any atom is -0.459 e. The zero-order valence-corrected chi connectivity index (χ0v) is 15.7. The second kappa shape index (κ2) is 8.87. The van der Waals surface area contributed by atoms with Gasteiger partial charge < -0.3 is 15.1 Å². The maximum absolute atomic E-state index is 11.3. The summed E-state index contributed by atoms with van der Waals surface area (Å²) in [5, 5.41) is 7.49. The molecule has 25 heavy (non-hydrogen) atoms. The summed E-state index contributed by atoms with van der Waals surface area (Å²) in [6, 6.07) is 7.95. The number of sulfonamides is 1. The van der Waals surface area contributed by atoms with Gasteiger partial charge in [0.2, 0.25) is 10.0 Å². The molecule has 1 heterocycles. The zero-order valence-electron chi connectivity index (χ0n) is 14.9.